The average molecular weight is 368 g/mol. The van der Waals surface area contributed by atoms with Crippen LogP contribution in [-0.2, 0) is 16.0 Å². The van der Waals surface area contributed by atoms with Crippen LogP contribution in [0.4, 0.5) is 11.4 Å². The van der Waals surface area contributed by atoms with Crippen LogP contribution in [-0.4, -0.2) is 24.2 Å². The summed E-state index contributed by atoms with van der Waals surface area (Å²) in [5, 5.41) is 7.37. The topological polar surface area (TPSA) is 67.4 Å². The molecule has 6 heteroatoms. The van der Waals surface area contributed by atoms with Crippen LogP contribution in [0.25, 0.3) is 0 Å². The number of hydrogen-bond acceptors (Lipinski definition) is 4. The van der Waals surface area contributed by atoms with Crippen LogP contribution in [0.1, 0.15) is 22.8 Å². The van der Waals surface area contributed by atoms with E-state index in [1.54, 1.807) is 41.4 Å². The number of benzene rings is 2. The second kappa shape index (κ2) is 8.58. The van der Waals surface area contributed by atoms with Gasteiger partial charge in [-0.2, -0.15) is 0 Å². The third-order valence-corrected chi connectivity index (χ3v) is 4.65. The highest BCUT2D eigenvalue weighted by atomic mass is 32.2. The summed E-state index contributed by atoms with van der Waals surface area (Å²) in [6, 6.07) is 14.5. The minimum absolute atomic E-state index is 0.189. The molecule has 0 spiro atoms. The number of amides is 2. The average Bonchev–Trinajstić information content (AvgIpc) is 2.69. The summed E-state index contributed by atoms with van der Waals surface area (Å²) in [7, 11) is 0. The van der Waals surface area contributed by atoms with Gasteiger partial charge in [0.2, 0.25) is 0 Å². The Bertz CT molecular complexity index is 831. The van der Waals surface area contributed by atoms with E-state index in [0.717, 1.165) is 17.9 Å². The van der Waals surface area contributed by atoms with Crippen molar-refractivity contribution in [3.8, 4) is 0 Å². The predicted molar refractivity (Wildman–Crippen MR) is 105 cm³/mol. The van der Waals surface area contributed by atoms with Gasteiger partial charge >= 0.3 is 0 Å². The molecule has 1 heterocycles. The molecule has 1 aliphatic rings. The molecule has 5 nitrogen and oxygen atoms in total. The molecule has 1 aliphatic heterocycles. The van der Waals surface area contributed by atoms with E-state index in [4.69, 9.17) is 4.74 Å². The number of rotatable bonds is 5. The van der Waals surface area contributed by atoms with Gasteiger partial charge in [0.05, 0.1) is 6.61 Å². The maximum Gasteiger partial charge on any atom is 0.291 e. The maximum atomic E-state index is 12.4. The van der Waals surface area contributed by atoms with Crippen LogP contribution in [0.3, 0.4) is 0 Å². The predicted octanol–water partition coefficient (Wildman–Crippen LogP) is 4.04. The number of carbonyl (C=O) groups excluding carboxylic acids is 2. The molecule has 3 rings (SSSR count). The minimum atomic E-state index is -0.286. The summed E-state index contributed by atoms with van der Waals surface area (Å²) < 4.78 is 5.32. The van der Waals surface area contributed by atoms with Gasteiger partial charge in [-0.05, 0) is 48.4 Å². The van der Waals surface area contributed by atoms with Gasteiger partial charge in [0.25, 0.3) is 11.8 Å². The Kier molecular flexibility index (Phi) is 5.96. The van der Waals surface area contributed by atoms with Crippen molar-refractivity contribution >= 4 is 35.0 Å². The first-order valence-electron chi connectivity index (χ1n) is 8.42. The third kappa shape index (κ3) is 4.67. The van der Waals surface area contributed by atoms with Gasteiger partial charge in [-0.25, -0.2) is 0 Å². The zero-order valence-corrected chi connectivity index (χ0v) is 15.3. The van der Waals surface area contributed by atoms with E-state index in [1.807, 2.05) is 24.3 Å². The first-order valence-corrected chi connectivity index (χ1v) is 9.47. The molecule has 0 fully saturated rings. The van der Waals surface area contributed by atoms with Crippen molar-refractivity contribution in [2.45, 2.75) is 13.3 Å². The zero-order chi connectivity index (χ0) is 18.4. The Morgan fingerprint density at radius 3 is 2.50 bits per heavy atom. The van der Waals surface area contributed by atoms with Crippen LogP contribution in [0.15, 0.2) is 59.7 Å². The zero-order valence-electron chi connectivity index (χ0n) is 14.5. The van der Waals surface area contributed by atoms with Crippen LogP contribution < -0.4 is 10.6 Å². The van der Waals surface area contributed by atoms with Gasteiger partial charge in [0.15, 0.2) is 5.76 Å². The number of thioether (sulfide) groups is 1. The lowest BCUT2D eigenvalue weighted by Crippen LogP contribution is -2.19. The van der Waals surface area contributed by atoms with E-state index in [9.17, 15) is 9.59 Å². The summed E-state index contributed by atoms with van der Waals surface area (Å²) in [6.07, 6.45) is 0.913. The highest BCUT2D eigenvalue weighted by Gasteiger charge is 2.14. The molecule has 0 unspecified atom stereocenters. The third-order valence-electron chi connectivity index (χ3n) is 3.87. The Morgan fingerprint density at radius 2 is 1.81 bits per heavy atom. The molecular weight excluding hydrogens is 348 g/mol. The molecule has 0 bridgehead atoms. The summed E-state index contributed by atoms with van der Waals surface area (Å²) in [5.74, 6) is 0.692. The smallest absolute Gasteiger partial charge is 0.291 e. The summed E-state index contributed by atoms with van der Waals surface area (Å²) in [6.45, 7) is 2.60. The van der Waals surface area contributed by atoms with Gasteiger partial charge in [0, 0.05) is 28.1 Å². The van der Waals surface area contributed by atoms with Crippen molar-refractivity contribution in [2.24, 2.45) is 0 Å². The Hall–Kier alpha value is -2.73. The van der Waals surface area contributed by atoms with E-state index in [0.29, 0.717) is 23.6 Å². The molecule has 0 aromatic heterocycles. The number of anilines is 2. The highest BCUT2D eigenvalue weighted by molar-refractivity contribution is 8.02. The molecule has 2 aromatic carbocycles. The van der Waals surface area contributed by atoms with Crippen LogP contribution in [0.5, 0.6) is 0 Å². The molecule has 0 atom stereocenters. The molecule has 0 radical (unpaired) electrons. The number of hydrogen-bond donors (Lipinski definition) is 2. The largest absolute Gasteiger partial charge is 0.487 e. The fourth-order valence-electron chi connectivity index (χ4n) is 2.46. The molecule has 26 heavy (non-hydrogen) atoms. The molecule has 134 valence electrons. The second-order valence-electron chi connectivity index (χ2n) is 5.74. The first kappa shape index (κ1) is 18.1. The van der Waals surface area contributed by atoms with Crippen LogP contribution in [0.2, 0.25) is 0 Å². The lowest BCUT2D eigenvalue weighted by Gasteiger charge is -2.14. The summed E-state index contributed by atoms with van der Waals surface area (Å²) >= 11 is 1.55. The summed E-state index contributed by atoms with van der Waals surface area (Å²) in [5.41, 5.74) is 3.07. The molecule has 2 aromatic rings. The van der Waals surface area contributed by atoms with E-state index in [-0.39, 0.29) is 11.8 Å². The van der Waals surface area contributed by atoms with Crippen LogP contribution >= 0.6 is 11.8 Å². The monoisotopic (exact) mass is 368 g/mol. The van der Waals surface area contributed by atoms with Gasteiger partial charge in [-0.1, -0.05) is 19.1 Å². The van der Waals surface area contributed by atoms with E-state index < -0.39 is 0 Å². The first-order chi connectivity index (χ1) is 12.7. The van der Waals surface area contributed by atoms with Crippen molar-refractivity contribution in [1.82, 2.24) is 0 Å². The Balaban J connectivity index is 1.62. The van der Waals surface area contributed by atoms with Crippen LogP contribution in [0, 0.1) is 0 Å². The van der Waals surface area contributed by atoms with Gasteiger partial charge < -0.3 is 15.4 Å². The quantitative estimate of drug-likeness (QED) is 0.836. The van der Waals surface area contributed by atoms with Crippen molar-refractivity contribution in [3.05, 3.63) is 70.8 Å². The van der Waals surface area contributed by atoms with Crippen molar-refractivity contribution < 1.29 is 14.3 Å². The number of aryl methyl sites for hydroxylation is 1. The Labute approximate surface area is 156 Å². The van der Waals surface area contributed by atoms with Gasteiger partial charge in [-0.3, -0.25) is 9.59 Å². The van der Waals surface area contributed by atoms with Crippen molar-refractivity contribution in [3.63, 3.8) is 0 Å². The summed E-state index contributed by atoms with van der Waals surface area (Å²) in [4.78, 5) is 24.5. The molecular formula is C20H20N2O3S. The normalized spacial score (nSPS) is 13.3. The second-order valence-corrected chi connectivity index (χ2v) is 6.72. The number of carbonyl (C=O) groups is 2. The molecule has 0 aliphatic carbocycles. The standard InChI is InChI=1S/C20H20N2O3S/c1-2-14-4-3-5-17(12-14)22-19(23)15-6-8-16(9-7-15)21-20(24)18-13-26-11-10-25-18/h3-9,12-13H,2,10-11H2,1H3,(H,21,24)(H,22,23). The van der Waals surface area contributed by atoms with Gasteiger partial charge in [-0.15, -0.1) is 11.8 Å². The van der Waals surface area contributed by atoms with E-state index in [1.165, 1.54) is 5.56 Å². The van der Waals surface area contributed by atoms with Crippen molar-refractivity contribution in [1.29, 1.82) is 0 Å². The molecule has 2 N–H and O–H groups in total. The maximum absolute atomic E-state index is 12.4. The SMILES string of the molecule is CCc1cccc(NC(=O)c2ccc(NC(=O)C3=CSCCO3)cc2)c1. The lowest BCUT2D eigenvalue weighted by molar-refractivity contribution is -0.116. The number of ether oxygens (including phenoxy) is 1. The molecule has 2 amide bonds. The highest BCUT2D eigenvalue weighted by Crippen LogP contribution is 2.18. The lowest BCUT2D eigenvalue weighted by atomic mass is 10.1. The van der Waals surface area contributed by atoms with Crippen molar-refractivity contribution in [2.75, 3.05) is 23.0 Å². The number of nitrogens with one attached hydrogen (secondary N) is 2. The van der Waals surface area contributed by atoms with E-state index >= 15 is 0 Å². The molecule has 0 saturated carbocycles. The van der Waals surface area contributed by atoms with Gasteiger partial charge in [0.1, 0.15) is 0 Å². The fourth-order valence-corrected chi connectivity index (χ4v) is 3.08. The fraction of sp³-hybridized carbons (Fsp3) is 0.200. The Morgan fingerprint density at radius 1 is 1.04 bits per heavy atom. The van der Waals surface area contributed by atoms with E-state index in [2.05, 4.69) is 17.6 Å². The molecule has 0 saturated heterocycles. The minimum Gasteiger partial charge on any atom is -0.487 e.